The second-order valence-corrected chi connectivity index (χ2v) is 4.78. The molecular formula is C15H21N3O2. The van der Waals surface area contributed by atoms with Gasteiger partial charge < -0.3 is 9.30 Å². The summed E-state index contributed by atoms with van der Waals surface area (Å²) in [5.41, 5.74) is 2.07. The molecule has 0 unspecified atom stereocenters. The van der Waals surface area contributed by atoms with Gasteiger partial charge >= 0.3 is 6.01 Å². The molecule has 0 aromatic carbocycles. The third kappa shape index (κ3) is 4.84. The molecule has 0 spiro atoms. The first-order valence-electron chi connectivity index (χ1n) is 6.44. The molecule has 108 valence electrons. The lowest BCUT2D eigenvalue weighted by molar-refractivity contribution is 0.377. The first-order chi connectivity index (χ1) is 9.43. The smallest absolute Gasteiger partial charge is 0.316 e. The van der Waals surface area contributed by atoms with Crippen LogP contribution >= 0.6 is 0 Å². The van der Waals surface area contributed by atoms with E-state index in [1.54, 1.807) is 37.2 Å². The highest BCUT2D eigenvalue weighted by Gasteiger charge is 2.01. The van der Waals surface area contributed by atoms with Crippen LogP contribution < -0.4 is 10.3 Å². The predicted molar refractivity (Wildman–Crippen MR) is 79.1 cm³/mol. The van der Waals surface area contributed by atoms with Crippen LogP contribution in [-0.4, -0.2) is 21.6 Å². The van der Waals surface area contributed by atoms with Crippen molar-refractivity contribution in [1.29, 1.82) is 0 Å². The monoisotopic (exact) mass is 275 g/mol. The fourth-order valence-corrected chi connectivity index (χ4v) is 1.42. The SMILES string of the molecule is COc1nccc(C(C)C)n1.Cc1ccn(C)c(=O)c1. The highest BCUT2D eigenvalue weighted by molar-refractivity contribution is 5.09. The maximum absolute atomic E-state index is 10.8. The molecule has 2 aromatic heterocycles. The second-order valence-electron chi connectivity index (χ2n) is 4.78. The average Bonchev–Trinajstić information content (AvgIpc) is 2.44. The molecule has 5 heteroatoms. The number of pyridine rings is 1. The van der Waals surface area contributed by atoms with Gasteiger partial charge in [-0.1, -0.05) is 13.8 Å². The van der Waals surface area contributed by atoms with Crippen molar-refractivity contribution in [2.24, 2.45) is 7.05 Å². The molecule has 0 atom stereocenters. The molecule has 0 saturated carbocycles. The predicted octanol–water partition coefficient (Wildman–Crippen LogP) is 2.30. The van der Waals surface area contributed by atoms with Crippen molar-refractivity contribution in [2.45, 2.75) is 26.7 Å². The van der Waals surface area contributed by atoms with Gasteiger partial charge in [-0.25, -0.2) is 9.97 Å². The van der Waals surface area contributed by atoms with Crippen molar-refractivity contribution in [3.05, 3.63) is 52.2 Å². The van der Waals surface area contributed by atoms with Crippen LogP contribution in [0.25, 0.3) is 0 Å². The zero-order valence-corrected chi connectivity index (χ0v) is 12.6. The van der Waals surface area contributed by atoms with Crippen molar-refractivity contribution >= 4 is 0 Å². The van der Waals surface area contributed by atoms with E-state index < -0.39 is 0 Å². The highest BCUT2D eigenvalue weighted by Crippen LogP contribution is 2.12. The van der Waals surface area contributed by atoms with Crippen LogP contribution in [0.3, 0.4) is 0 Å². The Hall–Kier alpha value is -2.17. The first-order valence-corrected chi connectivity index (χ1v) is 6.44. The fraction of sp³-hybridized carbons (Fsp3) is 0.400. The summed E-state index contributed by atoms with van der Waals surface area (Å²) >= 11 is 0. The van der Waals surface area contributed by atoms with Crippen LogP contribution in [0.2, 0.25) is 0 Å². The fourth-order valence-electron chi connectivity index (χ4n) is 1.42. The van der Waals surface area contributed by atoms with Gasteiger partial charge in [-0.3, -0.25) is 4.79 Å². The summed E-state index contributed by atoms with van der Waals surface area (Å²) in [6, 6.07) is 5.85. The number of hydrogen-bond donors (Lipinski definition) is 0. The van der Waals surface area contributed by atoms with Crippen LogP contribution in [-0.2, 0) is 7.05 Å². The Balaban J connectivity index is 0.000000204. The summed E-state index contributed by atoms with van der Waals surface area (Å²) in [7, 11) is 3.31. The normalized spacial score (nSPS) is 9.90. The molecule has 5 nitrogen and oxygen atoms in total. The summed E-state index contributed by atoms with van der Waals surface area (Å²) in [5.74, 6) is 0.423. The van der Waals surface area contributed by atoms with E-state index in [-0.39, 0.29) is 5.56 Å². The molecule has 20 heavy (non-hydrogen) atoms. The van der Waals surface area contributed by atoms with E-state index in [2.05, 4.69) is 23.8 Å². The van der Waals surface area contributed by atoms with Gasteiger partial charge in [0.05, 0.1) is 12.8 Å². The molecule has 0 radical (unpaired) electrons. The Labute approximate surface area is 119 Å². The molecule has 0 saturated heterocycles. The van der Waals surface area contributed by atoms with Gasteiger partial charge in [0, 0.05) is 25.5 Å². The van der Waals surface area contributed by atoms with Crippen LogP contribution in [0.5, 0.6) is 6.01 Å². The molecule has 2 heterocycles. The highest BCUT2D eigenvalue weighted by atomic mass is 16.5. The lowest BCUT2D eigenvalue weighted by atomic mass is 10.1. The minimum Gasteiger partial charge on any atom is -0.467 e. The molecule has 0 amide bonds. The van der Waals surface area contributed by atoms with Gasteiger partial charge in [0.1, 0.15) is 0 Å². The summed E-state index contributed by atoms with van der Waals surface area (Å²) in [6.07, 6.45) is 3.47. The van der Waals surface area contributed by atoms with Gasteiger partial charge in [0.2, 0.25) is 0 Å². The third-order valence-electron chi connectivity index (χ3n) is 2.69. The van der Waals surface area contributed by atoms with E-state index in [9.17, 15) is 4.79 Å². The maximum atomic E-state index is 10.8. The largest absolute Gasteiger partial charge is 0.467 e. The molecule has 0 aliphatic rings. The zero-order valence-electron chi connectivity index (χ0n) is 12.6. The lowest BCUT2D eigenvalue weighted by Gasteiger charge is -2.03. The molecule has 0 fully saturated rings. The van der Waals surface area contributed by atoms with Gasteiger partial charge in [-0.15, -0.1) is 0 Å². The van der Waals surface area contributed by atoms with Crippen molar-refractivity contribution in [1.82, 2.24) is 14.5 Å². The van der Waals surface area contributed by atoms with Crippen LogP contribution in [0.15, 0.2) is 35.4 Å². The number of aromatic nitrogens is 3. The quantitative estimate of drug-likeness (QED) is 0.844. The van der Waals surface area contributed by atoms with Crippen molar-refractivity contribution in [2.75, 3.05) is 7.11 Å². The topological polar surface area (TPSA) is 57.0 Å². The van der Waals surface area contributed by atoms with E-state index >= 15 is 0 Å². The van der Waals surface area contributed by atoms with Gasteiger partial charge in [-0.2, -0.15) is 0 Å². The number of aryl methyl sites for hydroxylation is 2. The first kappa shape index (κ1) is 15.9. The number of hydrogen-bond acceptors (Lipinski definition) is 4. The Bertz CT molecular complexity index is 606. The van der Waals surface area contributed by atoms with E-state index in [1.807, 2.05) is 19.1 Å². The standard InChI is InChI=1S/C8H12N2O.C7H9NO/c1-6(2)7-4-5-9-8(10-7)11-3;1-6-3-4-8(2)7(9)5-6/h4-6H,1-3H3;3-5H,1-2H3. The van der Waals surface area contributed by atoms with Crippen molar-refractivity contribution < 1.29 is 4.74 Å². The Morgan fingerprint density at radius 1 is 1.30 bits per heavy atom. The number of rotatable bonds is 2. The van der Waals surface area contributed by atoms with Crippen molar-refractivity contribution in [3.63, 3.8) is 0 Å². The molecule has 0 N–H and O–H groups in total. The van der Waals surface area contributed by atoms with E-state index in [1.165, 1.54) is 0 Å². The van der Waals surface area contributed by atoms with Gasteiger partial charge in [0.15, 0.2) is 0 Å². The Morgan fingerprint density at radius 2 is 2.00 bits per heavy atom. The Morgan fingerprint density at radius 3 is 2.50 bits per heavy atom. The van der Waals surface area contributed by atoms with E-state index in [4.69, 9.17) is 4.74 Å². The molecule has 0 aliphatic heterocycles. The van der Waals surface area contributed by atoms with E-state index in [0.717, 1.165) is 11.3 Å². The molecule has 2 rings (SSSR count). The van der Waals surface area contributed by atoms with Crippen molar-refractivity contribution in [3.8, 4) is 6.01 Å². The minimum absolute atomic E-state index is 0.0509. The Kier molecular flexibility index (Phi) is 5.90. The third-order valence-corrected chi connectivity index (χ3v) is 2.69. The second kappa shape index (κ2) is 7.43. The number of ether oxygens (including phenoxy) is 1. The summed E-state index contributed by atoms with van der Waals surface area (Å²) in [6.45, 7) is 6.07. The van der Waals surface area contributed by atoms with Crippen LogP contribution in [0.1, 0.15) is 31.0 Å². The number of nitrogens with zero attached hydrogens (tertiary/aromatic N) is 3. The minimum atomic E-state index is 0.0509. The average molecular weight is 275 g/mol. The van der Waals surface area contributed by atoms with Gasteiger partial charge in [-0.05, 0) is 30.5 Å². The molecule has 0 bridgehead atoms. The summed E-state index contributed by atoms with van der Waals surface area (Å²) in [4.78, 5) is 18.9. The van der Waals surface area contributed by atoms with Crippen LogP contribution in [0.4, 0.5) is 0 Å². The number of methoxy groups -OCH3 is 1. The van der Waals surface area contributed by atoms with Gasteiger partial charge in [0.25, 0.3) is 5.56 Å². The summed E-state index contributed by atoms with van der Waals surface area (Å²) < 4.78 is 6.43. The zero-order chi connectivity index (χ0) is 15.1. The van der Waals surface area contributed by atoms with E-state index in [0.29, 0.717) is 11.9 Å². The summed E-state index contributed by atoms with van der Waals surface area (Å²) in [5, 5.41) is 0. The lowest BCUT2D eigenvalue weighted by Crippen LogP contribution is -2.13. The van der Waals surface area contributed by atoms with Crippen LogP contribution in [0, 0.1) is 6.92 Å². The maximum Gasteiger partial charge on any atom is 0.316 e. The molecule has 2 aromatic rings. The molecular weight excluding hydrogens is 254 g/mol. The molecule has 0 aliphatic carbocycles.